The van der Waals surface area contributed by atoms with Crippen molar-refractivity contribution in [3.8, 4) is 0 Å². The maximum Gasteiger partial charge on any atom is -0.00692 e. The van der Waals surface area contributed by atoms with Crippen LogP contribution < -0.4 is 0 Å². The number of rotatable bonds is 10. The van der Waals surface area contributed by atoms with Gasteiger partial charge in [-0.15, -0.1) is 0 Å². The molecule has 0 aliphatic rings. The second-order valence-electron chi connectivity index (χ2n) is 4.12. The first-order valence-corrected chi connectivity index (χ1v) is 7.33. The third-order valence-electron chi connectivity index (χ3n) is 2.76. The molecule has 0 saturated carbocycles. The van der Waals surface area contributed by atoms with Crippen LogP contribution in [0.3, 0.4) is 0 Å². The molecular formula is C12H26S2. The van der Waals surface area contributed by atoms with Crippen molar-refractivity contribution in [1.82, 2.24) is 0 Å². The molecule has 0 aromatic heterocycles. The molecule has 0 aromatic carbocycles. The van der Waals surface area contributed by atoms with Crippen molar-refractivity contribution in [2.24, 2.45) is 5.92 Å². The Labute approximate surface area is 101 Å². The molecule has 0 amide bonds. The lowest BCUT2D eigenvalue weighted by molar-refractivity contribution is 0.482. The molecule has 2 heteroatoms. The Morgan fingerprint density at radius 2 is 1.50 bits per heavy atom. The lowest BCUT2D eigenvalue weighted by Crippen LogP contribution is -2.03. The van der Waals surface area contributed by atoms with Gasteiger partial charge >= 0.3 is 0 Å². The van der Waals surface area contributed by atoms with Crippen LogP contribution >= 0.6 is 25.3 Å². The number of unbranched alkanes of at least 4 members (excludes halogenated alkanes) is 5. The second kappa shape index (κ2) is 11.8. The van der Waals surface area contributed by atoms with Crippen LogP contribution in [0.1, 0.15) is 58.3 Å². The van der Waals surface area contributed by atoms with Crippen molar-refractivity contribution in [3.63, 3.8) is 0 Å². The molecule has 0 fully saturated rings. The van der Waals surface area contributed by atoms with E-state index in [1.807, 2.05) is 0 Å². The Kier molecular flexibility index (Phi) is 12.4. The van der Waals surface area contributed by atoms with Crippen molar-refractivity contribution in [2.45, 2.75) is 58.3 Å². The Morgan fingerprint density at radius 3 is 2.07 bits per heavy atom. The molecule has 0 radical (unpaired) electrons. The molecule has 0 aliphatic carbocycles. The van der Waals surface area contributed by atoms with E-state index < -0.39 is 0 Å². The van der Waals surface area contributed by atoms with Gasteiger partial charge in [0.15, 0.2) is 0 Å². The highest BCUT2D eigenvalue weighted by molar-refractivity contribution is 7.80. The van der Waals surface area contributed by atoms with E-state index in [9.17, 15) is 0 Å². The van der Waals surface area contributed by atoms with E-state index >= 15 is 0 Å². The van der Waals surface area contributed by atoms with Gasteiger partial charge in [0.25, 0.3) is 0 Å². The standard InChI is InChI=1S/C12H26S2/c1-2-3-4-5-6-7-8-12(11-14)9-10-13/h12-14H,2-11H2,1H3. The van der Waals surface area contributed by atoms with Crippen LogP contribution in [-0.4, -0.2) is 11.5 Å². The van der Waals surface area contributed by atoms with Crippen molar-refractivity contribution < 1.29 is 0 Å². The van der Waals surface area contributed by atoms with E-state index in [0.29, 0.717) is 0 Å². The lowest BCUT2D eigenvalue weighted by Gasteiger charge is -2.12. The Hall–Kier alpha value is 0.700. The summed E-state index contributed by atoms with van der Waals surface area (Å²) >= 11 is 8.65. The molecular weight excluding hydrogens is 208 g/mol. The minimum Gasteiger partial charge on any atom is -0.179 e. The smallest absolute Gasteiger partial charge is 0.00692 e. The van der Waals surface area contributed by atoms with E-state index in [4.69, 9.17) is 0 Å². The van der Waals surface area contributed by atoms with Gasteiger partial charge in [-0.2, -0.15) is 25.3 Å². The summed E-state index contributed by atoms with van der Waals surface area (Å²) < 4.78 is 0. The van der Waals surface area contributed by atoms with Gasteiger partial charge in [0.1, 0.15) is 0 Å². The number of thiol groups is 2. The molecule has 0 heterocycles. The fourth-order valence-electron chi connectivity index (χ4n) is 1.72. The average Bonchev–Trinajstić information content (AvgIpc) is 2.21. The highest BCUT2D eigenvalue weighted by Gasteiger charge is 2.04. The van der Waals surface area contributed by atoms with Crippen LogP contribution in [0.15, 0.2) is 0 Å². The first-order chi connectivity index (χ1) is 6.85. The lowest BCUT2D eigenvalue weighted by atomic mass is 9.99. The van der Waals surface area contributed by atoms with Crippen LogP contribution in [0.25, 0.3) is 0 Å². The molecule has 0 rings (SSSR count). The summed E-state index contributed by atoms with van der Waals surface area (Å²) in [6.45, 7) is 2.27. The predicted molar refractivity (Wildman–Crippen MR) is 73.8 cm³/mol. The van der Waals surface area contributed by atoms with Gasteiger partial charge in [0.05, 0.1) is 0 Å². The second-order valence-corrected chi connectivity index (χ2v) is 4.93. The molecule has 14 heavy (non-hydrogen) atoms. The van der Waals surface area contributed by atoms with E-state index in [-0.39, 0.29) is 0 Å². The molecule has 0 bridgehead atoms. The summed E-state index contributed by atoms with van der Waals surface area (Å²) in [6, 6.07) is 0. The molecule has 0 nitrogen and oxygen atoms in total. The Bertz CT molecular complexity index is 104. The van der Waals surface area contributed by atoms with Gasteiger partial charge in [-0.1, -0.05) is 45.4 Å². The molecule has 86 valence electrons. The average molecular weight is 234 g/mol. The fraction of sp³-hybridized carbons (Fsp3) is 1.00. The summed E-state index contributed by atoms with van der Waals surface area (Å²) in [7, 11) is 0. The normalized spacial score (nSPS) is 13.1. The van der Waals surface area contributed by atoms with Gasteiger partial charge < -0.3 is 0 Å². The maximum atomic E-state index is 4.37. The molecule has 0 aliphatic heterocycles. The van der Waals surface area contributed by atoms with Crippen molar-refractivity contribution >= 4 is 25.3 Å². The van der Waals surface area contributed by atoms with Gasteiger partial charge in [-0.3, -0.25) is 0 Å². The van der Waals surface area contributed by atoms with Crippen LogP contribution in [-0.2, 0) is 0 Å². The summed E-state index contributed by atoms with van der Waals surface area (Å²) in [5.41, 5.74) is 0. The van der Waals surface area contributed by atoms with Crippen LogP contribution in [0, 0.1) is 5.92 Å². The molecule has 0 spiro atoms. The van der Waals surface area contributed by atoms with Crippen molar-refractivity contribution in [3.05, 3.63) is 0 Å². The predicted octanol–water partition coefficient (Wildman–Crippen LogP) is 4.60. The van der Waals surface area contributed by atoms with Gasteiger partial charge in [0.2, 0.25) is 0 Å². The largest absolute Gasteiger partial charge is 0.179 e. The molecule has 0 saturated heterocycles. The van der Waals surface area contributed by atoms with E-state index in [0.717, 1.165) is 17.4 Å². The highest BCUT2D eigenvalue weighted by Crippen LogP contribution is 2.16. The van der Waals surface area contributed by atoms with Crippen molar-refractivity contribution in [2.75, 3.05) is 11.5 Å². The third-order valence-corrected chi connectivity index (χ3v) is 3.54. The zero-order valence-electron chi connectivity index (χ0n) is 9.54. The zero-order valence-corrected chi connectivity index (χ0v) is 11.3. The first kappa shape index (κ1) is 14.7. The third kappa shape index (κ3) is 9.26. The molecule has 1 atom stereocenters. The number of hydrogen-bond donors (Lipinski definition) is 2. The van der Waals surface area contributed by atoms with Crippen molar-refractivity contribution in [1.29, 1.82) is 0 Å². The zero-order chi connectivity index (χ0) is 10.6. The monoisotopic (exact) mass is 234 g/mol. The molecule has 1 unspecified atom stereocenters. The fourth-order valence-corrected chi connectivity index (χ4v) is 2.45. The highest BCUT2D eigenvalue weighted by atomic mass is 32.1. The maximum absolute atomic E-state index is 4.37. The van der Waals surface area contributed by atoms with E-state index in [1.54, 1.807) is 0 Å². The van der Waals surface area contributed by atoms with Gasteiger partial charge in [-0.25, -0.2) is 0 Å². The Morgan fingerprint density at radius 1 is 0.857 bits per heavy atom. The minimum atomic E-state index is 0.807. The molecule has 0 N–H and O–H groups in total. The van der Waals surface area contributed by atoms with Crippen LogP contribution in [0.5, 0.6) is 0 Å². The summed E-state index contributed by atoms with van der Waals surface area (Å²) in [4.78, 5) is 0. The Balaban J connectivity index is 3.15. The van der Waals surface area contributed by atoms with E-state index in [2.05, 4.69) is 32.2 Å². The van der Waals surface area contributed by atoms with Gasteiger partial charge in [0, 0.05) is 0 Å². The molecule has 0 aromatic rings. The van der Waals surface area contributed by atoms with E-state index in [1.165, 1.54) is 51.4 Å². The summed E-state index contributed by atoms with van der Waals surface area (Å²) in [6.07, 6.45) is 11.0. The summed E-state index contributed by atoms with van der Waals surface area (Å²) in [5.74, 6) is 2.86. The first-order valence-electron chi connectivity index (χ1n) is 6.06. The summed E-state index contributed by atoms with van der Waals surface area (Å²) in [5, 5.41) is 0. The minimum absolute atomic E-state index is 0.807. The number of hydrogen-bond acceptors (Lipinski definition) is 2. The topological polar surface area (TPSA) is 0 Å². The SMILES string of the molecule is CCCCCCCCC(CS)CCS. The van der Waals surface area contributed by atoms with Crippen LogP contribution in [0.4, 0.5) is 0 Å². The van der Waals surface area contributed by atoms with Gasteiger partial charge in [-0.05, 0) is 30.3 Å². The quantitative estimate of drug-likeness (QED) is 0.400. The van der Waals surface area contributed by atoms with Crippen LogP contribution in [0.2, 0.25) is 0 Å².